The molecule has 0 radical (unpaired) electrons. The highest BCUT2D eigenvalue weighted by molar-refractivity contribution is 5.81. The standard InChI is InChI=1S/C22H27N3O3/c1-15(2)14-28-20-10-7-18(11-21(20)27-4)16(3)25-22(26)13-24-19-8-5-17(12-23)6-9-19/h5-11,15-16,24H,13-14H2,1-4H3,(H,25,26). The van der Waals surface area contributed by atoms with E-state index in [4.69, 9.17) is 14.7 Å². The van der Waals surface area contributed by atoms with Crippen LogP contribution >= 0.6 is 0 Å². The van der Waals surface area contributed by atoms with E-state index in [1.54, 1.807) is 31.4 Å². The monoisotopic (exact) mass is 381 g/mol. The molecule has 0 bridgehead atoms. The number of hydrogen-bond donors (Lipinski definition) is 2. The van der Waals surface area contributed by atoms with E-state index in [-0.39, 0.29) is 18.5 Å². The van der Waals surface area contributed by atoms with Gasteiger partial charge in [-0.1, -0.05) is 19.9 Å². The summed E-state index contributed by atoms with van der Waals surface area (Å²) in [4.78, 5) is 12.2. The number of ether oxygens (including phenoxy) is 2. The summed E-state index contributed by atoms with van der Waals surface area (Å²) in [6.07, 6.45) is 0. The van der Waals surface area contributed by atoms with Gasteiger partial charge in [-0.3, -0.25) is 4.79 Å². The fourth-order valence-corrected chi connectivity index (χ4v) is 2.55. The molecule has 1 unspecified atom stereocenters. The first-order valence-corrected chi connectivity index (χ1v) is 9.27. The number of nitriles is 1. The molecular formula is C22H27N3O3. The number of methoxy groups -OCH3 is 1. The summed E-state index contributed by atoms with van der Waals surface area (Å²) >= 11 is 0. The summed E-state index contributed by atoms with van der Waals surface area (Å²) in [5.41, 5.74) is 2.30. The van der Waals surface area contributed by atoms with Crippen LogP contribution in [0, 0.1) is 17.2 Å². The molecule has 1 atom stereocenters. The lowest BCUT2D eigenvalue weighted by Gasteiger charge is -2.18. The van der Waals surface area contributed by atoms with Gasteiger partial charge in [0.25, 0.3) is 0 Å². The van der Waals surface area contributed by atoms with Gasteiger partial charge in [-0.25, -0.2) is 0 Å². The Kier molecular flexibility index (Phi) is 7.70. The molecule has 6 nitrogen and oxygen atoms in total. The van der Waals surface area contributed by atoms with E-state index in [1.807, 2.05) is 25.1 Å². The number of rotatable bonds is 9. The Bertz CT molecular complexity index is 826. The zero-order chi connectivity index (χ0) is 20.5. The number of benzene rings is 2. The molecule has 1 amide bonds. The molecule has 0 saturated heterocycles. The minimum atomic E-state index is -0.177. The molecule has 2 aromatic rings. The number of carbonyl (C=O) groups excluding carboxylic acids is 1. The van der Waals surface area contributed by atoms with Gasteiger partial charge in [0.2, 0.25) is 5.91 Å². The molecule has 0 heterocycles. The normalized spacial score (nSPS) is 11.4. The van der Waals surface area contributed by atoms with Crippen molar-refractivity contribution < 1.29 is 14.3 Å². The Balaban J connectivity index is 1.92. The molecular weight excluding hydrogens is 354 g/mol. The molecule has 2 aromatic carbocycles. The molecule has 148 valence electrons. The van der Waals surface area contributed by atoms with Gasteiger partial charge in [0.1, 0.15) is 0 Å². The van der Waals surface area contributed by atoms with Crippen LogP contribution in [0.15, 0.2) is 42.5 Å². The fraction of sp³-hybridized carbons (Fsp3) is 0.364. The van der Waals surface area contributed by atoms with Crippen LogP contribution in [-0.4, -0.2) is 26.2 Å². The average Bonchev–Trinajstić information content (AvgIpc) is 2.70. The summed E-state index contributed by atoms with van der Waals surface area (Å²) in [7, 11) is 1.60. The number of nitrogens with zero attached hydrogens (tertiary/aromatic N) is 1. The average molecular weight is 381 g/mol. The van der Waals surface area contributed by atoms with Crippen LogP contribution in [-0.2, 0) is 4.79 Å². The lowest BCUT2D eigenvalue weighted by Crippen LogP contribution is -2.32. The van der Waals surface area contributed by atoms with Crippen molar-refractivity contribution in [3.8, 4) is 17.6 Å². The summed E-state index contributed by atoms with van der Waals surface area (Å²) in [6, 6.07) is 14.5. The third-order valence-corrected chi connectivity index (χ3v) is 4.10. The Labute approximate surface area is 166 Å². The van der Waals surface area contributed by atoms with Crippen molar-refractivity contribution in [2.75, 3.05) is 25.6 Å². The van der Waals surface area contributed by atoms with Gasteiger partial charge in [0.05, 0.1) is 37.9 Å². The van der Waals surface area contributed by atoms with E-state index in [9.17, 15) is 4.79 Å². The summed E-state index contributed by atoms with van der Waals surface area (Å²) in [5, 5.41) is 14.8. The highest BCUT2D eigenvalue weighted by atomic mass is 16.5. The summed E-state index contributed by atoms with van der Waals surface area (Å²) < 4.78 is 11.2. The minimum Gasteiger partial charge on any atom is -0.493 e. The third-order valence-electron chi connectivity index (χ3n) is 4.10. The molecule has 28 heavy (non-hydrogen) atoms. The maximum Gasteiger partial charge on any atom is 0.239 e. The Morgan fingerprint density at radius 3 is 2.43 bits per heavy atom. The molecule has 2 N–H and O–H groups in total. The number of anilines is 1. The van der Waals surface area contributed by atoms with Crippen LogP contribution in [0.2, 0.25) is 0 Å². The van der Waals surface area contributed by atoms with E-state index in [2.05, 4.69) is 30.6 Å². The SMILES string of the molecule is COc1cc(C(C)NC(=O)CNc2ccc(C#N)cc2)ccc1OCC(C)C. The van der Waals surface area contributed by atoms with Gasteiger partial charge in [0, 0.05) is 5.69 Å². The van der Waals surface area contributed by atoms with Gasteiger partial charge >= 0.3 is 0 Å². The summed E-state index contributed by atoms with van der Waals surface area (Å²) in [5.74, 6) is 1.64. The zero-order valence-electron chi connectivity index (χ0n) is 16.8. The number of carbonyl (C=O) groups is 1. The minimum absolute atomic E-state index is 0.129. The molecule has 0 saturated carbocycles. The molecule has 0 aliphatic rings. The van der Waals surface area contributed by atoms with Crippen LogP contribution in [0.4, 0.5) is 5.69 Å². The highest BCUT2D eigenvalue weighted by Gasteiger charge is 2.13. The first kappa shape index (κ1) is 21.1. The molecule has 2 rings (SSSR count). The van der Waals surface area contributed by atoms with E-state index < -0.39 is 0 Å². The fourth-order valence-electron chi connectivity index (χ4n) is 2.55. The Hall–Kier alpha value is -3.20. The molecule has 6 heteroatoms. The van der Waals surface area contributed by atoms with Crippen molar-refractivity contribution in [2.24, 2.45) is 5.92 Å². The van der Waals surface area contributed by atoms with Crippen molar-refractivity contribution in [2.45, 2.75) is 26.8 Å². The second kappa shape index (κ2) is 10.2. The predicted molar refractivity (Wildman–Crippen MR) is 110 cm³/mol. The first-order chi connectivity index (χ1) is 13.4. The topological polar surface area (TPSA) is 83.4 Å². The number of nitrogens with one attached hydrogen (secondary N) is 2. The van der Waals surface area contributed by atoms with Crippen molar-refractivity contribution in [3.63, 3.8) is 0 Å². The van der Waals surface area contributed by atoms with Gasteiger partial charge in [-0.05, 0) is 54.8 Å². The van der Waals surface area contributed by atoms with E-state index in [0.29, 0.717) is 29.6 Å². The predicted octanol–water partition coefficient (Wildman–Crippen LogP) is 3.89. The number of hydrogen-bond acceptors (Lipinski definition) is 5. The van der Waals surface area contributed by atoms with Crippen molar-refractivity contribution in [1.29, 1.82) is 5.26 Å². The third kappa shape index (κ3) is 6.20. The largest absolute Gasteiger partial charge is 0.493 e. The zero-order valence-corrected chi connectivity index (χ0v) is 16.8. The summed E-state index contributed by atoms with van der Waals surface area (Å²) in [6.45, 7) is 6.85. The van der Waals surface area contributed by atoms with Gasteiger partial charge in [-0.2, -0.15) is 5.26 Å². The van der Waals surface area contributed by atoms with Gasteiger partial charge < -0.3 is 20.1 Å². The van der Waals surface area contributed by atoms with Crippen LogP contribution in [0.5, 0.6) is 11.5 Å². The van der Waals surface area contributed by atoms with E-state index >= 15 is 0 Å². The molecule has 0 fully saturated rings. The lowest BCUT2D eigenvalue weighted by molar-refractivity contribution is -0.120. The Morgan fingerprint density at radius 2 is 1.82 bits per heavy atom. The molecule has 0 aliphatic carbocycles. The quantitative estimate of drug-likeness (QED) is 0.688. The van der Waals surface area contributed by atoms with Crippen LogP contribution in [0.3, 0.4) is 0 Å². The smallest absolute Gasteiger partial charge is 0.239 e. The maximum absolute atomic E-state index is 12.2. The Morgan fingerprint density at radius 1 is 1.11 bits per heavy atom. The van der Waals surface area contributed by atoms with Crippen LogP contribution in [0.25, 0.3) is 0 Å². The molecule has 0 aliphatic heterocycles. The van der Waals surface area contributed by atoms with Crippen LogP contribution in [0.1, 0.15) is 37.9 Å². The number of amides is 1. The maximum atomic E-state index is 12.2. The van der Waals surface area contributed by atoms with Crippen molar-refractivity contribution in [1.82, 2.24) is 5.32 Å². The second-order valence-electron chi connectivity index (χ2n) is 6.95. The molecule has 0 aromatic heterocycles. The highest BCUT2D eigenvalue weighted by Crippen LogP contribution is 2.30. The molecule has 0 spiro atoms. The van der Waals surface area contributed by atoms with Crippen LogP contribution < -0.4 is 20.1 Å². The van der Waals surface area contributed by atoms with E-state index in [1.165, 1.54) is 0 Å². The van der Waals surface area contributed by atoms with Crippen molar-refractivity contribution in [3.05, 3.63) is 53.6 Å². The second-order valence-corrected chi connectivity index (χ2v) is 6.95. The van der Waals surface area contributed by atoms with E-state index in [0.717, 1.165) is 11.3 Å². The van der Waals surface area contributed by atoms with Gasteiger partial charge in [-0.15, -0.1) is 0 Å². The van der Waals surface area contributed by atoms with Crippen molar-refractivity contribution >= 4 is 11.6 Å². The van der Waals surface area contributed by atoms with Gasteiger partial charge in [0.15, 0.2) is 11.5 Å². The lowest BCUT2D eigenvalue weighted by atomic mass is 10.1. The first-order valence-electron chi connectivity index (χ1n) is 9.27.